The van der Waals surface area contributed by atoms with Crippen molar-refractivity contribution >= 4 is 23.9 Å². The van der Waals surface area contributed by atoms with Gasteiger partial charge < -0.3 is 47.0 Å². The number of methoxy groups -OCH3 is 3. The van der Waals surface area contributed by atoms with Gasteiger partial charge >= 0.3 is 23.9 Å². The molecule has 7 rings (SSSR count). The first-order valence-corrected chi connectivity index (χ1v) is 18.7. The van der Waals surface area contributed by atoms with Gasteiger partial charge in [0.15, 0.2) is 17.3 Å². The largest absolute Gasteiger partial charge is 0.500 e. The number of allylic oxidation sites excluding steroid dienone is 1. The van der Waals surface area contributed by atoms with E-state index in [1.807, 2.05) is 48.5 Å². The molecule has 0 N–H and O–H groups in total. The lowest BCUT2D eigenvalue weighted by Gasteiger charge is -2.76. The number of ether oxygens (including phenoxy) is 9. The van der Waals surface area contributed by atoms with E-state index in [4.69, 9.17) is 47.0 Å². The smallest absolute Gasteiger partial charge is 0.338 e. The number of furan rings is 1. The van der Waals surface area contributed by atoms with Crippen molar-refractivity contribution in [1.82, 2.24) is 0 Å². The molecule has 0 amide bonds. The maximum atomic E-state index is 15.1. The molecule has 2 spiro atoms. The Hall–Kier alpha value is -3.46. The summed E-state index contributed by atoms with van der Waals surface area (Å²) < 4.78 is 65.1. The van der Waals surface area contributed by atoms with Gasteiger partial charge in [0.25, 0.3) is 5.97 Å². The molecule has 0 radical (unpaired) electrons. The molecule has 6 aliphatic rings. The minimum absolute atomic E-state index is 0.0777. The predicted molar refractivity (Wildman–Crippen MR) is 186 cm³/mol. The molecule has 6 fully saturated rings. The molecule has 3 aliphatic carbocycles. The maximum Gasteiger partial charge on any atom is 0.338 e. The van der Waals surface area contributed by atoms with E-state index >= 15 is 4.79 Å². The van der Waals surface area contributed by atoms with E-state index in [0.29, 0.717) is 11.3 Å². The average Bonchev–Trinajstić information content (AvgIpc) is 3.78. The molecule has 14 heteroatoms. The van der Waals surface area contributed by atoms with Gasteiger partial charge in [0.2, 0.25) is 0 Å². The first-order valence-electron chi connectivity index (χ1n) is 18.7. The number of rotatable bonds is 11. The second kappa shape index (κ2) is 11.8. The minimum atomic E-state index is -1.76. The summed E-state index contributed by atoms with van der Waals surface area (Å²) in [6.07, 6.45) is -0.0236. The van der Waals surface area contributed by atoms with Crippen molar-refractivity contribution in [2.75, 3.05) is 21.3 Å². The summed E-state index contributed by atoms with van der Waals surface area (Å²) in [7, 11) is 4.33. The first-order chi connectivity index (χ1) is 25.1. The van der Waals surface area contributed by atoms with Crippen LogP contribution < -0.4 is 0 Å². The molecule has 3 saturated heterocycles. The SMILES string of the molecule is CCC12OC3(C)OC14C(C(C)(C)C(OC(C)=O)c1ccoc1)/C(=C(/OC)C(C)C)C(=O)OC4C1(OC)C(OC(C)=O)C4(C)CC1(O3)C2(C)C4CC(=O)OC. The minimum Gasteiger partial charge on any atom is -0.500 e. The van der Waals surface area contributed by atoms with Crippen molar-refractivity contribution < 1.29 is 66.2 Å². The molecular formula is C40H54O14. The van der Waals surface area contributed by atoms with Crippen molar-refractivity contribution in [3.05, 3.63) is 35.5 Å². The standard InChI is InChI=1S/C40H54O14/c1-14-37-35(9)24(17-25(43)45-11)34(8)19-38(35)40(47-13,31(34)50-22(5)42)32-39(37,54-36(10,52-37)53-38)28(26(30(44)51-32)27(46-12)20(2)3)33(6,7)29(49-21(4)41)23-15-16-48-18-23/h15-16,18,20,24,28-29,31-32H,14,17,19H2,1-13H3/b27-26-. The van der Waals surface area contributed by atoms with Gasteiger partial charge in [-0.2, -0.15) is 0 Å². The summed E-state index contributed by atoms with van der Waals surface area (Å²) in [5.41, 5.74) is -8.97. The lowest BCUT2D eigenvalue weighted by molar-refractivity contribution is -0.476. The summed E-state index contributed by atoms with van der Waals surface area (Å²) in [4.78, 5) is 54.9. The quantitative estimate of drug-likeness (QED) is 0.123. The van der Waals surface area contributed by atoms with Crippen LogP contribution in [0.1, 0.15) is 100 Å². The fraction of sp³-hybridized carbons (Fsp3) is 0.750. The third-order valence-electron chi connectivity index (χ3n) is 14.3. The summed E-state index contributed by atoms with van der Waals surface area (Å²) in [6.45, 7) is 17.9. The summed E-state index contributed by atoms with van der Waals surface area (Å²) in [6, 6.07) is 1.71. The zero-order valence-corrected chi connectivity index (χ0v) is 33.5. The Morgan fingerprint density at radius 1 is 1.00 bits per heavy atom. The molecular weight excluding hydrogens is 704 g/mol. The van der Waals surface area contributed by atoms with Gasteiger partial charge in [-0.25, -0.2) is 4.79 Å². The van der Waals surface area contributed by atoms with E-state index < -0.39 is 98.6 Å². The highest BCUT2D eigenvalue weighted by atomic mass is 16.9. The number of carbonyl (C=O) groups is 4. The lowest BCUT2D eigenvalue weighted by Crippen LogP contribution is -2.93. The summed E-state index contributed by atoms with van der Waals surface area (Å²) in [5.74, 6) is -5.76. The van der Waals surface area contributed by atoms with Crippen molar-refractivity contribution in [1.29, 1.82) is 0 Å². The third kappa shape index (κ3) is 4.10. The predicted octanol–water partition coefficient (Wildman–Crippen LogP) is 5.32. The van der Waals surface area contributed by atoms with Gasteiger partial charge in [0.05, 0.1) is 32.3 Å². The van der Waals surface area contributed by atoms with Crippen LogP contribution in [-0.2, 0) is 61.8 Å². The highest BCUT2D eigenvalue weighted by Crippen LogP contribution is 2.89. The molecule has 54 heavy (non-hydrogen) atoms. The number of hydrogen-bond acceptors (Lipinski definition) is 14. The zero-order valence-electron chi connectivity index (χ0n) is 33.5. The van der Waals surface area contributed by atoms with Crippen LogP contribution in [0.3, 0.4) is 0 Å². The van der Waals surface area contributed by atoms with Gasteiger partial charge in [-0.1, -0.05) is 48.5 Å². The average molecular weight is 759 g/mol. The second-order valence-corrected chi connectivity index (χ2v) is 17.4. The van der Waals surface area contributed by atoms with Crippen LogP contribution in [-0.4, -0.2) is 85.8 Å². The molecule has 4 bridgehead atoms. The molecule has 0 aromatic carbocycles. The van der Waals surface area contributed by atoms with E-state index in [1.54, 1.807) is 13.0 Å². The molecule has 12 atom stereocenters. The number of fused-ring (bicyclic) bond motifs is 3. The van der Waals surface area contributed by atoms with Crippen LogP contribution in [0.2, 0.25) is 0 Å². The summed E-state index contributed by atoms with van der Waals surface area (Å²) >= 11 is 0. The van der Waals surface area contributed by atoms with Crippen molar-refractivity contribution in [2.45, 2.75) is 135 Å². The Balaban J connectivity index is 1.67. The highest BCUT2D eigenvalue weighted by molar-refractivity contribution is 5.92. The van der Waals surface area contributed by atoms with Gasteiger partial charge in [0.1, 0.15) is 29.2 Å². The van der Waals surface area contributed by atoms with Gasteiger partial charge in [0, 0.05) is 67.9 Å². The maximum absolute atomic E-state index is 15.1. The Kier molecular flexibility index (Phi) is 8.46. The first kappa shape index (κ1) is 38.8. The van der Waals surface area contributed by atoms with Crippen molar-refractivity contribution in [2.24, 2.45) is 34.0 Å². The molecule has 4 heterocycles. The fourth-order valence-electron chi connectivity index (χ4n) is 13.3. The van der Waals surface area contributed by atoms with Crippen LogP contribution >= 0.6 is 0 Å². The molecule has 1 aromatic rings. The molecule has 298 valence electrons. The van der Waals surface area contributed by atoms with Crippen LogP contribution in [0.5, 0.6) is 0 Å². The molecule has 3 saturated carbocycles. The fourth-order valence-corrected chi connectivity index (χ4v) is 13.3. The van der Waals surface area contributed by atoms with E-state index in [2.05, 4.69) is 0 Å². The monoisotopic (exact) mass is 758 g/mol. The zero-order chi connectivity index (χ0) is 39.8. The Labute approximate surface area is 315 Å². The number of hydrogen-bond donors (Lipinski definition) is 0. The van der Waals surface area contributed by atoms with Gasteiger partial charge in [-0.05, 0) is 24.8 Å². The Morgan fingerprint density at radius 3 is 2.20 bits per heavy atom. The van der Waals surface area contributed by atoms with Crippen LogP contribution in [0.15, 0.2) is 34.3 Å². The number of esters is 4. The van der Waals surface area contributed by atoms with Crippen molar-refractivity contribution in [3.63, 3.8) is 0 Å². The number of carbonyl (C=O) groups excluding carboxylic acids is 4. The molecule has 14 nitrogen and oxygen atoms in total. The highest BCUT2D eigenvalue weighted by Gasteiger charge is 3.04. The molecule has 12 unspecified atom stereocenters. The van der Waals surface area contributed by atoms with Crippen molar-refractivity contribution in [3.8, 4) is 0 Å². The van der Waals surface area contributed by atoms with E-state index in [9.17, 15) is 14.4 Å². The van der Waals surface area contributed by atoms with Gasteiger partial charge in [-0.15, -0.1) is 0 Å². The van der Waals surface area contributed by atoms with Crippen LogP contribution in [0.25, 0.3) is 0 Å². The third-order valence-corrected chi connectivity index (χ3v) is 14.3. The second-order valence-electron chi connectivity index (χ2n) is 17.4. The molecule has 1 aromatic heterocycles. The van der Waals surface area contributed by atoms with Crippen LogP contribution in [0, 0.1) is 34.0 Å². The van der Waals surface area contributed by atoms with E-state index in [-0.39, 0.29) is 30.8 Å². The lowest BCUT2D eigenvalue weighted by atomic mass is 9.35. The van der Waals surface area contributed by atoms with E-state index in [0.717, 1.165) is 0 Å². The molecule has 3 aliphatic heterocycles. The Bertz CT molecular complexity index is 1800. The topological polar surface area (TPSA) is 164 Å². The van der Waals surface area contributed by atoms with E-state index in [1.165, 1.54) is 47.7 Å². The van der Waals surface area contributed by atoms with Crippen LogP contribution in [0.4, 0.5) is 0 Å². The normalized spacial score (nSPS) is 44.1. The summed E-state index contributed by atoms with van der Waals surface area (Å²) in [5, 5.41) is 0. The Morgan fingerprint density at radius 2 is 1.69 bits per heavy atom. The van der Waals surface area contributed by atoms with Gasteiger partial charge in [-0.3, -0.25) is 14.4 Å².